The second-order valence-electron chi connectivity index (χ2n) is 11.3. The SMILES string of the molecule is CCCCCCCCCCCCCCCCCCCCCCCCCC(=O)OCCc1ccc(OC)cc1. The topological polar surface area (TPSA) is 35.5 Å². The standard InChI is InChI=1S/C35H62O3/c1-3-4-5-6-7-8-9-10-11-12-13-14-15-16-17-18-19-20-21-22-23-24-25-26-35(36)38-32-31-33-27-29-34(37-2)30-28-33/h27-30H,3-26,31-32H2,1-2H3. The molecule has 0 aromatic heterocycles. The Morgan fingerprint density at radius 2 is 0.921 bits per heavy atom. The summed E-state index contributed by atoms with van der Waals surface area (Å²) in [5, 5.41) is 0. The summed E-state index contributed by atoms with van der Waals surface area (Å²) < 4.78 is 10.5. The summed E-state index contributed by atoms with van der Waals surface area (Å²) in [6.45, 7) is 2.76. The van der Waals surface area contributed by atoms with E-state index in [2.05, 4.69) is 6.92 Å². The number of esters is 1. The van der Waals surface area contributed by atoms with Crippen molar-refractivity contribution >= 4 is 5.97 Å². The molecule has 0 unspecified atom stereocenters. The van der Waals surface area contributed by atoms with Gasteiger partial charge in [-0.1, -0.05) is 160 Å². The Balaban J connectivity index is 1.72. The van der Waals surface area contributed by atoms with Crippen molar-refractivity contribution in [2.75, 3.05) is 13.7 Å². The molecule has 220 valence electrons. The molecule has 0 bridgehead atoms. The second kappa shape index (κ2) is 27.1. The highest BCUT2D eigenvalue weighted by molar-refractivity contribution is 5.69. The largest absolute Gasteiger partial charge is 0.497 e. The van der Waals surface area contributed by atoms with Crippen LogP contribution in [0.2, 0.25) is 0 Å². The van der Waals surface area contributed by atoms with E-state index in [-0.39, 0.29) is 5.97 Å². The van der Waals surface area contributed by atoms with E-state index in [0.29, 0.717) is 13.0 Å². The van der Waals surface area contributed by atoms with Gasteiger partial charge in [0.05, 0.1) is 13.7 Å². The fourth-order valence-electron chi connectivity index (χ4n) is 5.20. The molecule has 0 N–H and O–H groups in total. The molecule has 0 amide bonds. The van der Waals surface area contributed by atoms with Gasteiger partial charge in [-0.2, -0.15) is 0 Å². The van der Waals surface area contributed by atoms with Gasteiger partial charge in [0, 0.05) is 12.8 Å². The number of ether oxygens (including phenoxy) is 2. The number of carbonyl (C=O) groups excluding carboxylic acids is 1. The van der Waals surface area contributed by atoms with Gasteiger partial charge in [-0.05, 0) is 24.1 Å². The van der Waals surface area contributed by atoms with Crippen LogP contribution in [0.5, 0.6) is 5.75 Å². The van der Waals surface area contributed by atoms with Gasteiger partial charge in [0.15, 0.2) is 0 Å². The molecule has 0 heterocycles. The van der Waals surface area contributed by atoms with Gasteiger partial charge in [-0.15, -0.1) is 0 Å². The molecular weight excluding hydrogens is 468 g/mol. The quantitative estimate of drug-likeness (QED) is 0.0798. The van der Waals surface area contributed by atoms with Gasteiger partial charge in [0.25, 0.3) is 0 Å². The van der Waals surface area contributed by atoms with Crippen molar-refractivity contribution < 1.29 is 14.3 Å². The fourth-order valence-corrected chi connectivity index (χ4v) is 5.20. The molecule has 3 heteroatoms. The van der Waals surface area contributed by atoms with Crippen molar-refractivity contribution in [1.82, 2.24) is 0 Å². The molecule has 0 saturated heterocycles. The zero-order valence-corrected chi connectivity index (χ0v) is 25.4. The Morgan fingerprint density at radius 1 is 0.553 bits per heavy atom. The summed E-state index contributed by atoms with van der Waals surface area (Å²) >= 11 is 0. The van der Waals surface area contributed by atoms with Crippen molar-refractivity contribution in [2.45, 2.75) is 167 Å². The molecule has 0 aliphatic carbocycles. The first-order valence-electron chi connectivity index (χ1n) is 16.5. The molecule has 0 aliphatic heterocycles. The molecule has 0 aliphatic rings. The summed E-state index contributed by atoms with van der Waals surface area (Å²) in [5.41, 5.74) is 1.16. The highest BCUT2D eigenvalue weighted by Crippen LogP contribution is 2.16. The lowest BCUT2D eigenvalue weighted by Gasteiger charge is -2.06. The highest BCUT2D eigenvalue weighted by atomic mass is 16.5. The number of hydrogen-bond donors (Lipinski definition) is 0. The van der Waals surface area contributed by atoms with E-state index >= 15 is 0 Å². The molecule has 0 spiro atoms. The predicted octanol–water partition coefficient (Wildman–Crippen LogP) is 11.2. The Bertz CT molecular complexity index is 625. The highest BCUT2D eigenvalue weighted by Gasteiger charge is 2.03. The van der Waals surface area contributed by atoms with Gasteiger partial charge >= 0.3 is 5.97 Å². The number of benzene rings is 1. The third-order valence-electron chi connectivity index (χ3n) is 7.80. The predicted molar refractivity (Wildman–Crippen MR) is 164 cm³/mol. The summed E-state index contributed by atoms with van der Waals surface area (Å²) in [6.07, 6.45) is 33.2. The maximum atomic E-state index is 11.9. The number of methoxy groups -OCH3 is 1. The van der Waals surface area contributed by atoms with Crippen LogP contribution >= 0.6 is 0 Å². The lowest BCUT2D eigenvalue weighted by Crippen LogP contribution is -2.07. The molecule has 38 heavy (non-hydrogen) atoms. The van der Waals surface area contributed by atoms with Crippen LogP contribution in [0, 0.1) is 0 Å². The van der Waals surface area contributed by atoms with Crippen molar-refractivity contribution in [3.8, 4) is 5.75 Å². The van der Waals surface area contributed by atoms with Crippen LogP contribution in [0.3, 0.4) is 0 Å². The lowest BCUT2D eigenvalue weighted by molar-refractivity contribution is -0.143. The van der Waals surface area contributed by atoms with E-state index in [0.717, 1.165) is 30.6 Å². The zero-order chi connectivity index (χ0) is 27.4. The van der Waals surface area contributed by atoms with E-state index in [1.54, 1.807) is 7.11 Å². The Labute approximate surface area is 236 Å². The zero-order valence-electron chi connectivity index (χ0n) is 25.4. The number of carbonyl (C=O) groups is 1. The van der Waals surface area contributed by atoms with Gasteiger partial charge in [0.2, 0.25) is 0 Å². The summed E-state index contributed by atoms with van der Waals surface area (Å²) in [6, 6.07) is 7.93. The van der Waals surface area contributed by atoms with Crippen LogP contribution in [-0.4, -0.2) is 19.7 Å². The first kappa shape index (κ1) is 34.5. The van der Waals surface area contributed by atoms with E-state index in [1.807, 2.05) is 24.3 Å². The molecule has 0 radical (unpaired) electrons. The number of rotatable bonds is 28. The van der Waals surface area contributed by atoms with Crippen LogP contribution in [-0.2, 0) is 16.0 Å². The minimum atomic E-state index is -0.0537. The molecule has 1 aromatic rings. The fraction of sp³-hybridized carbons (Fsp3) is 0.800. The lowest BCUT2D eigenvalue weighted by atomic mass is 10.0. The van der Waals surface area contributed by atoms with Gasteiger partial charge < -0.3 is 9.47 Å². The van der Waals surface area contributed by atoms with Gasteiger partial charge in [0.1, 0.15) is 5.75 Å². The maximum Gasteiger partial charge on any atom is 0.305 e. The first-order chi connectivity index (χ1) is 18.8. The molecule has 1 rings (SSSR count). The van der Waals surface area contributed by atoms with Crippen molar-refractivity contribution in [2.24, 2.45) is 0 Å². The van der Waals surface area contributed by atoms with Crippen LogP contribution in [0.25, 0.3) is 0 Å². The molecular formula is C35H62O3. The Morgan fingerprint density at radius 3 is 1.29 bits per heavy atom. The molecule has 0 atom stereocenters. The maximum absolute atomic E-state index is 11.9. The van der Waals surface area contributed by atoms with Crippen LogP contribution in [0.1, 0.15) is 167 Å². The normalized spacial score (nSPS) is 11.1. The molecule has 3 nitrogen and oxygen atoms in total. The van der Waals surface area contributed by atoms with E-state index in [4.69, 9.17) is 9.47 Å². The molecule has 1 aromatic carbocycles. The van der Waals surface area contributed by atoms with Crippen molar-refractivity contribution in [3.63, 3.8) is 0 Å². The van der Waals surface area contributed by atoms with E-state index in [9.17, 15) is 4.79 Å². The van der Waals surface area contributed by atoms with Gasteiger partial charge in [-0.25, -0.2) is 0 Å². The summed E-state index contributed by atoms with van der Waals surface area (Å²) in [4.78, 5) is 11.9. The average Bonchev–Trinajstić information content (AvgIpc) is 2.94. The van der Waals surface area contributed by atoms with Crippen LogP contribution in [0.4, 0.5) is 0 Å². The number of unbranched alkanes of at least 4 members (excludes halogenated alkanes) is 22. The van der Waals surface area contributed by atoms with Crippen LogP contribution in [0.15, 0.2) is 24.3 Å². The van der Waals surface area contributed by atoms with Gasteiger partial charge in [-0.3, -0.25) is 4.79 Å². The monoisotopic (exact) mass is 530 g/mol. The summed E-state index contributed by atoms with van der Waals surface area (Å²) in [5.74, 6) is 0.799. The molecule has 0 fully saturated rings. The third-order valence-corrected chi connectivity index (χ3v) is 7.80. The summed E-state index contributed by atoms with van der Waals surface area (Å²) in [7, 11) is 1.67. The van der Waals surface area contributed by atoms with E-state index < -0.39 is 0 Å². The average molecular weight is 531 g/mol. The smallest absolute Gasteiger partial charge is 0.305 e. The van der Waals surface area contributed by atoms with Crippen LogP contribution < -0.4 is 4.74 Å². The van der Waals surface area contributed by atoms with Crippen molar-refractivity contribution in [3.05, 3.63) is 29.8 Å². The Kier molecular flexibility index (Phi) is 24.6. The minimum Gasteiger partial charge on any atom is -0.497 e. The minimum absolute atomic E-state index is 0.0537. The van der Waals surface area contributed by atoms with Crippen molar-refractivity contribution in [1.29, 1.82) is 0 Å². The Hall–Kier alpha value is -1.51. The second-order valence-corrected chi connectivity index (χ2v) is 11.3. The molecule has 0 saturated carbocycles. The third kappa shape index (κ3) is 22.5. The number of hydrogen-bond acceptors (Lipinski definition) is 3. The van der Waals surface area contributed by atoms with E-state index in [1.165, 1.54) is 135 Å². The first-order valence-corrected chi connectivity index (χ1v) is 16.5.